The van der Waals surface area contributed by atoms with Gasteiger partial charge >= 0.3 is 5.97 Å². The summed E-state index contributed by atoms with van der Waals surface area (Å²) in [7, 11) is 0. The predicted octanol–water partition coefficient (Wildman–Crippen LogP) is 1.89. The largest absolute Gasteiger partial charge is 0.406 e. The van der Waals surface area contributed by atoms with Gasteiger partial charge in [0.1, 0.15) is 11.6 Å². The van der Waals surface area contributed by atoms with Crippen LogP contribution < -0.4 is 4.74 Å². The van der Waals surface area contributed by atoms with Crippen molar-refractivity contribution in [1.29, 1.82) is 0 Å². The molecule has 0 aliphatic heterocycles. The molecule has 0 radical (unpaired) electrons. The lowest BCUT2D eigenvalue weighted by molar-refractivity contribution is -0.136. The molecule has 0 aromatic carbocycles. The fraction of sp³-hybridized carbons (Fsp3) is 0.308. The topological polar surface area (TPSA) is 57.0 Å². The monoisotopic (exact) mass is 243 g/mol. The molecular weight excluding hydrogens is 230 g/mol. The molecule has 0 bridgehead atoms. The molecule has 2 aromatic heterocycles. The molecule has 3 rings (SSSR count). The Morgan fingerprint density at radius 3 is 2.94 bits per heavy atom. The fourth-order valence-electron chi connectivity index (χ4n) is 1.73. The summed E-state index contributed by atoms with van der Waals surface area (Å²) in [6.07, 6.45) is 5.26. The van der Waals surface area contributed by atoms with Gasteiger partial charge in [0.2, 0.25) is 5.88 Å². The number of rotatable bonds is 3. The van der Waals surface area contributed by atoms with Crippen LogP contribution in [0, 0.1) is 12.8 Å². The van der Waals surface area contributed by atoms with Crippen LogP contribution in [0.4, 0.5) is 0 Å². The molecule has 2 aromatic rings. The van der Waals surface area contributed by atoms with E-state index in [0.29, 0.717) is 5.88 Å². The van der Waals surface area contributed by atoms with E-state index in [1.807, 2.05) is 25.1 Å². The summed E-state index contributed by atoms with van der Waals surface area (Å²) in [5, 5.41) is 0. The summed E-state index contributed by atoms with van der Waals surface area (Å²) in [5.41, 5.74) is 0. The van der Waals surface area contributed by atoms with E-state index in [9.17, 15) is 4.79 Å². The smallest absolute Gasteiger partial charge is 0.315 e. The first-order valence-corrected chi connectivity index (χ1v) is 5.93. The third-order valence-corrected chi connectivity index (χ3v) is 2.87. The van der Waals surface area contributed by atoms with Gasteiger partial charge in [0.05, 0.1) is 12.1 Å². The summed E-state index contributed by atoms with van der Waals surface area (Å²) in [6.45, 7) is 1.85. The van der Waals surface area contributed by atoms with Crippen LogP contribution in [-0.2, 0) is 4.79 Å². The molecule has 0 amide bonds. The van der Waals surface area contributed by atoms with Gasteiger partial charge in [-0.2, -0.15) is 4.98 Å². The van der Waals surface area contributed by atoms with Gasteiger partial charge in [-0.05, 0) is 31.9 Å². The van der Waals surface area contributed by atoms with Crippen LogP contribution in [0.5, 0.6) is 5.88 Å². The Labute approximate surface area is 104 Å². The third-order valence-electron chi connectivity index (χ3n) is 2.87. The summed E-state index contributed by atoms with van der Waals surface area (Å²) in [5.74, 6) is 1.74. The van der Waals surface area contributed by atoms with E-state index in [4.69, 9.17) is 4.74 Å². The maximum absolute atomic E-state index is 11.5. The molecule has 0 spiro atoms. The Morgan fingerprint density at radius 1 is 1.44 bits per heavy atom. The summed E-state index contributed by atoms with van der Waals surface area (Å²) in [6, 6.07) is 5.63. The third kappa shape index (κ3) is 2.11. The zero-order valence-electron chi connectivity index (χ0n) is 10.0. The number of carbonyl (C=O) groups excluding carboxylic acids is 1. The number of carbonyl (C=O) groups is 1. The molecule has 92 valence electrons. The SMILES string of the molecule is Cc1nc(OC(=O)C2CC2)cn1-c1ccccn1. The first-order chi connectivity index (χ1) is 8.74. The highest BCUT2D eigenvalue weighted by molar-refractivity contribution is 5.77. The fourth-order valence-corrected chi connectivity index (χ4v) is 1.73. The highest BCUT2D eigenvalue weighted by Crippen LogP contribution is 2.30. The average Bonchev–Trinajstić information content (AvgIpc) is 3.16. The normalized spacial score (nSPS) is 14.5. The Morgan fingerprint density at radius 2 is 2.28 bits per heavy atom. The van der Waals surface area contributed by atoms with Crippen LogP contribution in [-0.4, -0.2) is 20.5 Å². The van der Waals surface area contributed by atoms with E-state index >= 15 is 0 Å². The van der Waals surface area contributed by atoms with Crippen LogP contribution in [0.2, 0.25) is 0 Å². The minimum Gasteiger partial charge on any atom is -0.406 e. The second-order valence-corrected chi connectivity index (χ2v) is 4.38. The molecule has 2 heterocycles. The number of ether oxygens (including phenoxy) is 1. The van der Waals surface area contributed by atoms with Gasteiger partial charge in [0.15, 0.2) is 0 Å². The first-order valence-electron chi connectivity index (χ1n) is 5.93. The minimum atomic E-state index is -0.180. The molecule has 1 saturated carbocycles. The number of imidazole rings is 1. The van der Waals surface area contributed by atoms with Crippen LogP contribution in [0.1, 0.15) is 18.7 Å². The van der Waals surface area contributed by atoms with Gasteiger partial charge in [-0.3, -0.25) is 9.36 Å². The van der Waals surface area contributed by atoms with Gasteiger partial charge in [0, 0.05) is 6.20 Å². The lowest BCUT2D eigenvalue weighted by atomic mass is 10.4. The number of esters is 1. The van der Waals surface area contributed by atoms with Crippen molar-refractivity contribution in [2.24, 2.45) is 5.92 Å². The van der Waals surface area contributed by atoms with Gasteiger partial charge in [0.25, 0.3) is 0 Å². The van der Waals surface area contributed by atoms with Gasteiger partial charge < -0.3 is 4.74 Å². The number of aromatic nitrogens is 3. The molecule has 0 saturated heterocycles. The summed E-state index contributed by atoms with van der Waals surface area (Å²) in [4.78, 5) is 20.0. The quantitative estimate of drug-likeness (QED) is 0.772. The number of nitrogens with zero attached hydrogens (tertiary/aromatic N) is 3. The molecule has 1 fully saturated rings. The molecule has 18 heavy (non-hydrogen) atoms. The highest BCUT2D eigenvalue weighted by Gasteiger charge is 2.32. The van der Waals surface area contributed by atoms with Crippen molar-refractivity contribution in [3.05, 3.63) is 36.4 Å². The van der Waals surface area contributed by atoms with Crippen molar-refractivity contribution in [2.45, 2.75) is 19.8 Å². The summed E-state index contributed by atoms with van der Waals surface area (Å²) < 4.78 is 7.02. The van der Waals surface area contributed by atoms with E-state index in [-0.39, 0.29) is 11.9 Å². The molecule has 5 heteroatoms. The Hall–Kier alpha value is -2.17. The zero-order chi connectivity index (χ0) is 12.5. The van der Waals surface area contributed by atoms with Crippen LogP contribution >= 0.6 is 0 Å². The maximum atomic E-state index is 11.5. The van der Waals surface area contributed by atoms with Crippen molar-refractivity contribution >= 4 is 5.97 Å². The number of pyridine rings is 1. The standard InChI is InChI=1S/C13H13N3O2/c1-9-15-12(18-13(17)10-5-6-10)8-16(9)11-4-2-3-7-14-11/h2-4,7-8,10H,5-6H2,1H3. The van der Waals surface area contributed by atoms with E-state index in [2.05, 4.69) is 9.97 Å². The molecule has 0 N–H and O–H groups in total. The number of hydrogen-bond acceptors (Lipinski definition) is 4. The van der Waals surface area contributed by atoms with Gasteiger partial charge in [-0.25, -0.2) is 4.98 Å². The second kappa shape index (κ2) is 4.25. The van der Waals surface area contributed by atoms with Crippen molar-refractivity contribution in [1.82, 2.24) is 14.5 Å². The molecule has 1 aliphatic rings. The van der Waals surface area contributed by atoms with Crippen molar-refractivity contribution in [2.75, 3.05) is 0 Å². The average molecular weight is 243 g/mol. The lowest BCUT2D eigenvalue weighted by Crippen LogP contribution is -2.09. The molecule has 5 nitrogen and oxygen atoms in total. The van der Waals surface area contributed by atoms with Crippen LogP contribution in [0.25, 0.3) is 5.82 Å². The summed E-state index contributed by atoms with van der Waals surface area (Å²) >= 11 is 0. The Bertz CT molecular complexity index is 573. The van der Waals surface area contributed by atoms with Crippen LogP contribution in [0.3, 0.4) is 0 Å². The first kappa shape index (κ1) is 11.0. The molecule has 0 unspecified atom stereocenters. The lowest BCUT2D eigenvalue weighted by Gasteiger charge is -2.01. The van der Waals surface area contributed by atoms with Crippen LogP contribution in [0.15, 0.2) is 30.6 Å². The predicted molar refractivity (Wildman–Crippen MR) is 64.5 cm³/mol. The molecule has 0 atom stereocenters. The Kier molecular flexibility index (Phi) is 2.59. The Balaban J connectivity index is 1.84. The minimum absolute atomic E-state index is 0.0744. The van der Waals surface area contributed by atoms with E-state index in [1.54, 1.807) is 17.0 Å². The van der Waals surface area contributed by atoms with E-state index < -0.39 is 0 Å². The molecular formula is C13H13N3O2. The number of aryl methyl sites for hydroxylation is 1. The van der Waals surface area contributed by atoms with Crippen molar-refractivity contribution in [3.63, 3.8) is 0 Å². The molecule has 1 aliphatic carbocycles. The van der Waals surface area contributed by atoms with Gasteiger partial charge in [-0.1, -0.05) is 6.07 Å². The van der Waals surface area contributed by atoms with Crippen molar-refractivity contribution in [3.8, 4) is 11.7 Å². The second-order valence-electron chi connectivity index (χ2n) is 4.38. The number of hydrogen-bond donors (Lipinski definition) is 0. The zero-order valence-corrected chi connectivity index (χ0v) is 10.0. The highest BCUT2D eigenvalue weighted by atomic mass is 16.5. The van der Waals surface area contributed by atoms with Gasteiger partial charge in [-0.15, -0.1) is 0 Å². The maximum Gasteiger partial charge on any atom is 0.315 e. The van der Waals surface area contributed by atoms with E-state index in [1.165, 1.54) is 0 Å². The van der Waals surface area contributed by atoms with Crippen molar-refractivity contribution < 1.29 is 9.53 Å². The van der Waals surface area contributed by atoms with E-state index in [0.717, 1.165) is 24.5 Å².